The summed E-state index contributed by atoms with van der Waals surface area (Å²) in [6.45, 7) is 13.7. The van der Waals surface area contributed by atoms with E-state index in [1.807, 2.05) is 37.6 Å². The number of carboxylic acids is 2. The second-order valence-electron chi connectivity index (χ2n) is 17.5. The minimum Gasteiger partial charge on any atom is -0.481 e. The van der Waals surface area contributed by atoms with Crippen LogP contribution in [0.4, 0.5) is 5.69 Å². The molecule has 0 spiro atoms. The number of aliphatic imine (C=N–C) groups is 1. The van der Waals surface area contributed by atoms with Crippen LogP contribution in [0.3, 0.4) is 0 Å². The molecular formula is C46H70N6O9S. The number of nitrogens with one attached hydrogen (secondary N) is 2. The first kappa shape index (κ1) is 51.6. The number of thiazole rings is 1. The van der Waals surface area contributed by atoms with Gasteiger partial charge >= 0.3 is 17.9 Å². The number of esters is 1. The molecule has 62 heavy (non-hydrogen) atoms. The van der Waals surface area contributed by atoms with Crippen molar-refractivity contribution in [1.29, 1.82) is 0 Å². The van der Waals surface area contributed by atoms with Gasteiger partial charge in [0.25, 0.3) is 11.8 Å². The number of likely N-dealkylation sites (N-methyl/N-ethyl adjacent to an activating group) is 1. The largest absolute Gasteiger partial charge is 0.481 e. The zero-order valence-corrected chi connectivity index (χ0v) is 38.8. The summed E-state index contributed by atoms with van der Waals surface area (Å²) in [5.41, 5.74) is 0.308. The molecule has 0 radical (unpaired) electrons. The number of likely N-dealkylation sites (tertiary alicyclic amines) is 1. The van der Waals surface area contributed by atoms with Crippen molar-refractivity contribution in [2.45, 2.75) is 150 Å². The van der Waals surface area contributed by atoms with Gasteiger partial charge in [-0.3, -0.25) is 33.7 Å². The number of unbranched alkanes of at least 4 members (excludes halogenated alkanes) is 3. The van der Waals surface area contributed by atoms with E-state index in [0.717, 1.165) is 68.4 Å². The monoisotopic (exact) mass is 882 g/mol. The number of nitrogens with zero attached hydrogens (tertiary/aromatic N) is 4. The molecule has 1 unspecified atom stereocenters. The summed E-state index contributed by atoms with van der Waals surface area (Å²) in [7, 11) is 1.93. The van der Waals surface area contributed by atoms with Gasteiger partial charge in [0, 0.05) is 49.3 Å². The predicted octanol–water partition coefficient (Wildman–Crippen LogP) is 7.41. The molecule has 1 saturated heterocycles. The quantitative estimate of drug-likeness (QED) is 0.0414. The van der Waals surface area contributed by atoms with Crippen LogP contribution in [0.25, 0.3) is 0 Å². The molecule has 3 amide bonds. The zero-order valence-electron chi connectivity index (χ0n) is 38.0. The molecule has 0 saturated carbocycles. The summed E-state index contributed by atoms with van der Waals surface area (Å²) in [6, 6.07) is 5.72. The molecule has 2 heterocycles. The van der Waals surface area contributed by atoms with Crippen LogP contribution in [0.2, 0.25) is 0 Å². The summed E-state index contributed by atoms with van der Waals surface area (Å²) in [4.78, 5) is 90.4. The van der Waals surface area contributed by atoms with Crippen molar-refractivity contribution in [2.75, 3.05) is 32.0 Å². The summed E-state index contributed by atoms with van der Waals surface area (Å²) >= 11 is 1.16. The molecular weight excluding hydrogens is 813 g/mol. The minimum atomic E-state index is -1.18. The molecule has 1 aromatic heterocycles. The Morgan fingerprint density at radius 3 is 2.35 bits per heavy atom. The lowest BCUT2D eigenvalue weighted by Crippen LogP contribution is -2.48. The van der Waals surface area contributed by atoms with Crippen molar-refractivity contribution < 1.29 is 43.7 Å². The van der Waals surface area contributed by atoms with Crippen LogP contribution in [0, 0.1) is 17.3 Å². The lowest BCUT2D eigenvalue weighted by Gasteiger charge is -2.38. The SMILES string of the molecule is CCCCCCN(C(=O)C(C=NC(=O)[C@H]1CCCCN1C)CCC)[C@H](C[C@@H](OC(C)=O)c1nc(C(=O)N[C@@H](Cc2ccc(NCC(=O)O)cc2)CC(C)(C)C(=O)O)cs1)C(C)C. The number of carbonyl (C=O) groups excluding carboxylic acids is 4. The molecule has 15 nitrogen and oxygen atoms in total. The lowest BCUT2D eigenvalue weighted by molar-refractivity contribution is -0.149. The van der Waals surface area contributed by atoms with Gasteiger partial charge in [-0.25, -0.2) is 9.98 Å². The molecule has 1 aromatic carbocycles. The first-order chi connectivity index (χ1) is 29.4. The third-order valence-corrected chi connectivity index (χ3v) is 12.3. The number of ether oxygens (including phenoxy) is 1. The number of hydrogen-bond acceptors (Lipinski definition) is 11. The van der Waals surface area contributed by atoms with E-state index in [0.29, 0.717) is 36.5 Å². The maximum atomic E-state index is 14.7. The van der Waals surface area contributed by atoms with Crippen LogP contribution in [0.15, 0.2) is 34.6 Å². The minimum absolute atomic E-state index is 0.0667. The van der Waals surface area contributed by atoms with Crippen LogP contribution in [0.5, 0.6) is 0 Å². The highest BCUT2D eigenvalue weighted by atomic mass is 32.1. The summed E-state index contributed by atoms with van der Waals surface area (Å²) < 4.78 is 5.90. The van der Waals surface area contributed by atoms with Crippen LogP contribution in [-0.2, 0) is 35.1 Å². The fraction of sp³-hybridized carbons (Fsp3) is 0.652. The maximum absolute atomic E-state index is 14.7. The molecule has 16 heteroatoms. The second-order valence-corrected chi connectivity index (χ2v) is 18.4. The van der Waals surface area contributed by atoms with Crippen molar-refractivity contribution in [3.63, 3.8) is 0 Å². The van der Waals surface area contributed by atoms with Gasteiger partial charge in [-0.1, -0.05) is 71.9 Å². The van der Waals surface area contributed by atoms with Crippen molar-refractivity contribution in [2.24, 2.45) is 22.2 Å². The molecule has 1 fully saturated rings. The fourth-order valence-electron chi connectivity index (χ4n) is 7.85. The Morgan fingerprint density at radius 2 is 1.76 bits per heavy atom. The van der Waals surface area contributed by atoms with Crippen LogP contribution in [0.1, 0.15) is 146 Å². The van der Waals surface area contributed by atoms with Gasteiger partial charge in [0.1, 0.15) is 17.2 Å². The molecule has 1 aliphatic heterocycles. The Balaban J connectivity index is 1.91. The summed E-state index contributed by atoms with van der Waals surface area (Å²) in [6.07, 6.45) is 9.00. The number of aliphatic carboxylic acids is 2. The molecule has 344 valence electrons. The van der Waals surface area contributed by atoms with E-state index < -0.39 is 53.3 Å². The predicted molar refractivity (Wildman–Crippen MR) is 241 cm³/mol. The number of amides is 3. The summed E-state index contributed by atoms with van der Waals surface area (Å²) in [5, 5.41) is 26.7. The van der Waals surface area contributed by atoms with E-state index in [2.05, 4.69) is 27.5 Å². The molecule has 0 aliphatic carbocycles. The number of carbonyl (C=O) groups is 6. The van der Waals surface area contributed by atoms with Crippen LogP contribution >= 0.6 is 11.3 Å². The average Bonchev–Trinajstić information content (AvgIpc) is 3.71. The molecule has 5 atom stereocenters. The van der Waals surface area contributed by atoms with Gasteiger partial charge in [-0.2, -0.15) is 0 Å². The zero-order chi connectivity index (χ0) is 46.0. The summed E-state index contributed by atoms with van der Waals surface area (Å²) in [5.74, 6) is -4.12. The molecule has 2 aromatic rings. The fourth-order valence-corrected chi connectivity index (χ4v) is 8.69. The lowest BCUT2D eigenvalue weighted by atomic mass is 9.84. The van der Waals surface area contributed by atoms with E-state index in [-0.39, 0.29) is 48.9 Å². The first-order valence-corrected chi connectivity index (χ1v) is 23.0. The first-order valence-electron chi connectivity index (χ1n) is 22.2. The molecule has 3 rings (SSSR count). The van der Waals surface area contributed by atoms with Crippen molar-refractivity contribution in [3.8, 4) is 0 Å². The smallest absolute Gasteiger partial charge is 0.322 e. The van der Waals surface area contributed by atoms with Crippen LogP contribution in [-0.4, -0.2) is 112 Å². The van der Waals surface area contributed by atoms with Crippen LogP contribution < -0.4 is 10.6 Å². The van der Waals surface area contributed by atoms with E-state index in [1.54, 1.807) is 49.7 Å². The second kappa shape index (κ2) is 25.4. The van der Waals surface area contributed by atoms with Crippen molar-refractivity contribution in [3.05, 3.63) is 45.9 Å². The van der Waals surface area contributed by atoms with Crippen molar-refractivity contribution >= 4 is 58.9 Å². The third kappa shape index (κ3) is 16.5. The van der Waals surface area contributed by atoms with E-state index in [4.69, 9.17) is 9.84 Å². The Kier molecular flexibility index (Phi) is 21.2. The van der Waals surface area contributed by atoms with Gasteiger partial charge in [-0.15, -0.1) is 11.3 Å². The number of carboxylic acid groups (broad SMARTS) is 2. The Labute approximate surface area is 371 Å². The van der Waals surface area contributed by atoms with E-state index >= 15 is 0 Å². The third-order valence-electron chi connectivity index (χ3n) is 11.4. The topological polar surface area (TPSA) is 208 Å². The van der Waals surface area contributed by atoms with Gasteiger partial charge in [0.05, 0.1) is 17.4 Å². The van der Waals surface area contributed by atoms with E-state index in [1.165, 1.54) is 6.92 Å². The highest BCUT2D eigenvalue weighted by molar-refractivity contribution is 7.09. The Morgan fingerprint density at radius 1 is 1.05 bits per heavy atom. The number of aromatic nitrogens is 1. The Hall–Kier alpha value is -4.70. The van der Waals surface area contributed by atoms with Crippen molar-refractivity contribution in [1.82, 2.24) is 20.1 Å². The average molecular weight is 883 g/mol. The maximum Gasteiger partial charge on any atom is 0.322 e. The molecule has 4 N–H and O–H groups in total. The number of rotatable bonds is 26. The number of benzene rings is 1. The normalized spacial score (nSPS) is 16.6. The molecule has 0 bridgehead atoms. The number of piperidine rings is 1. The number of hydrogen-bond donors (Lipinski definition) is 4. The molecule has 1 aliphatic rings. The highest BCUT2D eigenvalue weighted by Crippen LogP contribution is 2.32. The van der Waals surface area contributed by atoms with Gasteiger partial charge in [0.2, 0.25) is 5.91 Å². The standard InChI is InChI=1S/C46H70N6O9S/c1-9-11-12-14-23-52(44(58)33(16-10-2)27-48-42(57)37-17-13-15-22-51(37)8)38(30(3)4)25-39(61-31(5)53)43-50-36(29-62-43)41(56)49-35(26-46(6,7)45(59)60)24-32-18-20-34(21-19-32)47-28-40(54)55/h18-21,27,29-30,33,35,37-39,47H,9-17,22-26,28H2,1-8H3,(H,49,56)(H,54,55)(H,59,60)/t33?,35-,37+,38+,39+/m0/s1. The number of anilines is 1. The van der Waals surface area contributed by atoms with Gasteiger partial charge in [-0.05, 0) is 89.6 Å². The van der Waals surface area contributed by atoms with Gasteiger partial charge in [0.15, 0.2) is 6.10 Å². The van der Waals surface area contributed by atoms with Gasteiger partial charge < -0.3 is 30.5 Å². The Bertz CT molecular complexity index is 1810. The van der Waals surface area contributed by atoms with E-state index in [9.17, 15) is 33.9 Å². The highest BCUT2D eigenvalue weighted by Gasteiger charge is 2.36.